The molecular weight excluding hydrogens is 585 g/mol. The van der Waals surface area contributed by atoms with Gasteiger partial charge in [0, 0.05) is 27.4 Å². The van der Waals surface area contributed by atoms with Gasteiger partial charge >= 0.3 is 0 Å². The van der Waals surface area contributed by atoms with E-state index in [4.69, 9.17) is 9.40 Å². The molecule has 2 aromatic heterocycles. The highest BCUT2D eigenvalue weighted by Crippen LogP contribution is 2.40. The molecule has 0 unspecified atom stereocenters. The third-order valence-electron chi connectivity index (χ3n) is 9.59. The summed E-state index contributed by atoms with van der Waals surface area (Å²) in [5.74, 6) is 0.930. The third-order valence-corrected chi connectivity index (χ3v) is 9.59. The second-order valence-corrected chi connectivity index (χ2v) is 12.4. The Morgan fingerprint density at radius 2 is 1.08 bits per heavy atom. The second-order valence-electron chi connectivity index (χ2n) is 12.4. The number of benzene rings is 8. The van der Waals surface area contributed by atoms with Gasteiger partial charge in [-0.25, -0.2) is 4.98 Å². The number of hydrogen-bond donors (Lipinski definition) is 0. The number of imidazole rings is 1. The van der Waals surface area contributed by atoms with Gasteiger partial charge in [0.15, 0.2) is 0 Å². The molecule has 0 bridgehead atoms. The minimum atomic E-state index is 0.916. The van der Waals surface area contributed by atoms with Crippen molar-refractivity contribution < 1.29 is 4.42 Å². The van der Waals surface area contributed by atoms with Gasteiger partial charge in [-0.05, 0) is 80.9 Å². The predicted octanol–water partition coefficient (Wildman–Crippen LogP) is 12.2. The molecule has 224 valence electrons. The van der Waals surface area contributed by atoms with Crippen LogP contribution in [0.3, 0.4) is 0 Å². The first-order chi connectivity index (χ1) is 23.8. The third kappa shape index (κ3) is 4.18. The average molecular weight is 613 g/mol. The van der Waals surface area contributed by atoms with Crippen molar-refractivity contribution in [2.45, 2.75) is 0 Å². The van der Waals surface area contributed by atoms with Crippen LogP contribution in [0.1, 0.15) is 0 Å². The van der Waals surface area contributed by atoms with Crippen LogP contribution in [0.5, 0.6) is 0 Å². The summed E-state index contributed by atoms with van der Waals surface area (Å²) in [6, 6.07) is 60.3. The molecule has 0 saturated carbocycles. The van der Waals surface area contributed by atoms with Crippen molar-refractivity contribution >= 4 is 54.5 Å². The normalized spacial score (nSPS) is 11.8. The van der Waals surface area contributed by atoms with Crippen LogP contribution < -0.4 is 0 Å². The zero-order valence-electron chi connectivity index (χ0n) is 26.0. The maximum Gasteiger partial charge on any atom is 0.145 e. The van der Waals surface area contributed by atoms with Gasteiger partial charge in [-0.15, -0.1) is 0 Å². The minimum Gasteiger partial charge on any atom is -0.455 e. The van der Waals surface area contributed by atoms with Gasteiger partial charge in [0.2, 0.25) is 0 Å². The number of para-hydroxylation sites is 3. The quantitative estimate of drug-likeness (QED) is 0.198. The SMILES string of the molecule is c1ccc(-c2ccc(-c3nc4ccccc4n3-c3ccc4cc(-c5cc6c7ccccc7oc6c6ccccc56)ccc4c3)cc2)cc1. The molecule has 0 amide bonds. The van der Waals surface area contributed by atoms with Crippen molar-refractivity contribution in [2.24, 2.45) is 0 Å². The lowest BCUT2D eigenvalue weighted by atomic mass is 9.94. The molecule has 10 aromatic rings. The lowest BCUT2D eigenvalue weighted by molar-refractivity contribution is 0.672. The number of rotatable bonds is 4. The molecule has 0 aliphatic carbocycles. The fourth-order valence-corrected chi connectivity index (χ4v) is 7.25. The van der Waals surface area contributed by atoms with Crippen molar-refractivity contribution in [1.29, 1.82) is 0 Å². The maximum atomic E-state index is 6.37. The van der Waals surface area contributed by atoms with E-state index in [2.05, 4.69) is 156 Å². The summed E-state index contributed by atoms with van der Waals surface area (Å²) in [4.78, 5) is 5.12. The lowest BCUT2D eigenvalue weighted by Gasteiger charge is -2.13. The zero-order valence-corrected chi connectivity index (χ0v) is 26.0. The first kappa shape index (κ1) is 26.7. The molecule has 0 fully saturated rings. The van der Waals surface area contributed by atoms with Crippen molar-refractivity contribution in [1.82, 2.24) is 9.55 Å². The van der Waals surface area contributed by atoms with Crippen LogP contribution in [0.25, 0.3) is 93.8 Å². The lowest BCUT2D eigenvalue weighted by Crippen LogP contribution is -1.98. The van der Waals surface area contributed by atoms with Gasteiger partial charge in [-0.1, -0.05) is 127 Å². The molecule has 0 saturated heterocycles. The van der Waals surface area contributed by atoms with Crippen LogP contribution in [0.2, 0.25) is 0 Å². The molecule has 3 nitrogen and oxygen atoms in total. The molecule has 0 aliphatic rings. The van der Waals surface area contributed by atoms with Crippen LogP contribution >= 0.6 is 0 Å². The van der Waals surface area contributed by atoms with E-state index < -0.39 is 0 Å². The molecule has 10 rings (SSSR count). The Labute approximate surface area is 277 Å². The van der Waals surface area contributed by atoms with E-state index in [1.165, 1.54) is 38.4 Å². The number of aromatic nitrogens is 2. The molecule has 3 heteroatoms. The smallest absolute Gasteiger partial charge is 0.145 e. The largest absolute Gasteiger partial charge is 0.455 e. The van der Waals surface area contributed by atoms with Crippen molar-refractivity contribution in [3.63, 3.8) is 0 Å². The Morgan fingerprint density at radius 1 is 0.438 bits per heavy atom. The highest BCUT2D eigenvalue weighted by molar-refractivity contribution is 6.19. The van der Waals surface area contributed by atoms with Gasteiger partial charge in [0.1, 0.15) is 17.0 Å². The number of fused-ring (bicyclic) bond motifs is 7. The molecule has 0 radical (unpaired) electrons. The van der Waals surface area contributed by atoms with Crippen molar-refractivity contribution in [2.75, 3.05) is 0 Å². The minimum absolute atomic E-state index is 0.916. The van der Waals surface area contributed by atoms with Crippen LogP contribution in [-0.4, -0.2) is 9.55 Å². The fourth-order valence-electron chi connectivity index (χ4n) is 7.25. The van der Waals surface area contributed by atoms with Crippen LogP contribution in [0, 0.1) is 0 Å². The summed E-state index contributed by atoms with van der Waals surface area (Å²) < 4.78 is 8.65. The molecule has 0 aliphatic heterocycles. The average Bonchev–Trinajstić information content (AvgIpc) is 3.74. The number of furan rings is 1. The summed E-state index contributed by atoms with van der Waals surface area (Å²) in [7, 11) is 0. The van der Waals surface area contributed by atoms with E-state index in [1.54, 1.807) is 0 Å². The topological polar surface area (TPSA) is 31.0 Å². The Balaban J connectivity index is 1.10. The summed E-state index contributed by atoms with van der Waals surface area (Å²) in [6.45, 7) is 0. The van der Waals surface area contributed by atoms with E-state index in [-0.39, 0.29) is 0 Å². The Kier molecular flexibility index (Phi) is 5.87. The van der Waals surface area contributed by atoms with Gasteiger partial charge in [0.05, 0.1) is 11.0 Å². The summed E-state index contributed by atoms with van der Waals surface area (Å²) in [5.41, 5.74) is 10.9. The van der Waals surface area contributed by atoms with Crippen LogP contribution in [0.4, 0.5) is 0 Å². The maximum absolute atomic E-state index is 6.37. The summed E-state index contributed by atoms with van der Waals surface area (Å²) >= 11 is 0. The van der Waals surface area contributed by atoms with E-state index in [9.17, 15) is 0 Å². The number of nitrogens with zero attached hydrogens (tertiary/aromatic N) is 2. The van der Waals surface area contributed by atoms with Gasteiger partial charge in [-0.3, -0.25) is 4.57 Å². The second kappa shape index (κ2) is 10.5. The van der Waals surface area contributed by atoms with E-state index >= 15 is 0 Å². The Bertz CT molecular complexity index is 2820. The van der Waals surface area contributed by atoms with E-state index in [0.717, 1.165) is 55.4 Å². The summed E-state index contributed by atoms with van der Waals surface area (Å²) in [6.07, 6.45) is 0. The molecule has 0 spiro atoms. The number of hydrogen-bond acceptors (Lipinski definition) is 2. The van der Waals surface area contributed by atoms with E-state index in [0.29, 0.717) is 0 Å². The first-order valence-corrected chi connectivity index (χ1v) is 16.3. The van der Waals surface area contributed by atoms with Gasteiger partial charge in [-0.2, -0.15) is 0 Å². The van der Waals surface area contributed by atoms with Gasteiger partial charge < -0.3 is 4.42 Å². The van der Waals surface area contributed by atoms with Crippen molar-refractivity contribution in [3.8, 4) is 39.3 Å². The molecule has 48 heavy (non-hydrogen) atoms. The van der Waals surface area contributed by atoms with Crippen LogP contribution in [0.15, 0.2) is 174 Å². The molecule has 0 N–H and O–H groups in total. The van der Waals surface area contributed by atoms with Gasteiger partial charge in [0.25, 0.3) is 0 Å². The molecule has 8 aromatic carbocycles. The molecule has 0 atom stereocenters. The van der Waals surface area contributed by atoms with Crippen molar-refractivity contribution in [3.05, 3.63) is 170 Å². The molecule has 2 heterocycles. The zero-order chi connectivity index (χ0) is 31.6. The Morgan fingerprint density at radius 3 is 1.96 bits per heavy atom. The first-order valence-electron chi connectivity index (χ1n) is 16.3. The monoisotopic (exact) mass is 612 g/mol. The highest BCUT2D eigenvalue weighted by atomic mass is 16.3. The summed E-state index contributed by atoms with van der Waals surface area (Å²) in [5, 5.41) is 6.98. The Hall–Kier alpha value is -6.45. The van der Waals surface area contributed by atoms with E-state index in [1.807, 2.05) is 18.2 Å². The standard InChI is InChI=1S/C45H28N2O/c1-2-10-29(11-3-1)30-18-20-31(21-19-30)45-46-41-15-7-8-16-42(41)47(45)35-25-24-32-26-34(23-22-33(32)27-35)39-28-40-37-13-6-9-17-43(37)48-44(40)38-14-5-4-12-36(38)39/h1-28H. The highest BCUT2D eigenvalue weighted by Gasteiger charge is 2.17. The molecular formula is C45H28N2O. The fraction of sp³-hybridized carbons (Fsp3) is 0. The van der Waals surface area contributed by atoms with Crippen LogP contribution in [-0.2, 0) is 0 Å². The predicted molar refractivity (Wildman–Crippen MR) is 200 cm³/mol.